The molecule has 0 aromatic carbocycles. The average molecular weight is 423 g/mol. The van der Waals surface area contributed by atoms with Crippen LogP contribution in [-0.2, 0) is 11.3 Å². The van der Waals surface area contributed by atoms with Crippen LogP contribution in [-0.4, -0.2) is 57.3 Å². The lowest BCUT2D eigenvalue weighted by Crippen LogP contribution is -2.27. The van der Waals surface area contributed by atoms with E-state index in [1.165, 1.54) is 17.7 Å². The topological polar surface area (TPSA) is 98.7 Å². The number of aromatic nitrogens is 3. The molecule has 1 fully saturated rings. The minimum atomic E-state index is -0.596. The standard InChI is InChI=1S/C19H27N5O4S/c1-12-6-13(27-16-7-15(26-5)21-11-22-16)9-24(12)10-14-8-20-17(29-14)23-18(25)28-19(2,3)4/h7-8,11-13H,6,9-10H2,1-5H3,(H,20,23,25)/t12-,13+/m0/s1/i8D. The van der Waals surface area contributed by atoms with Crippen molar-refractivity contribution in [2.75, 3.05) is 19.0 Å². The third-order valence-electron chi connectivity index (χ3n) is 4.24. The number of rotatable bonds is 6. The first kappa shape index (κ1) is 19.8. The van der Waals surface area contributed by atoms with Crippen molar-refractivity contribution in [3.63, 3.8) is 0 Å². The van der Waals surface area contributed by atoms with Crippen LogP contribution in [0.1, 0.15) is 40.4 Å². The van der Waals surface area contributed by atoms with Gasteiger partial charge in [0.05, 0.1) is 14.5 Å². The molecule has 158 valence electrons. The van der Waals surface area contributed by atoms with Crippen molar-refractivity contribution in [3.05, 3.63) is 23.4 Å². The molecule has 3 rings (SSSR count). The number of carbonyl (C=O) groups is 1. The molecule has 0 saturated carbocycles. The summed E-state index contributed by atoms with van der Waals surface area (Å²) in [7, 11) is 1.55. The number of carbonyl (C=O) groups excluding carboxylic acids is 1. The van der Waals surface area contributed by atoms with Gasteiger partial charge in [-0.15, -0.1) is 11.3 Å². The van der Waals surface area contributed by atoms with Gasteiger partial charge >= 0.3 is 6.09 Å². The van der Waals surface area contributed by atoms with Crippen LogP contribution in [0, 0.1) is 0 Å². The molecule has 0 radical (unpaired) electrons. The Balaban J connectivity index is 1.58. The fourth-order valence-corrected chi connectivity index (χ4v) is 3.77. The van der Waals surface area contributed by atoms with Crippen molar-refractivity contribution < 1.29 is 20.4 Å². The van der Waals surface area contributed by atoms with Crippen molar-refractivity contribution in [2.45, 2.75) is 58.4 Å². The van der Waals surface area contributed by atoms with Gasteiger partial charge in [-0.25, -0.2) is 19.7 Å². The molecule has 0 spiro atoms. The SMILES string of the molecule is [2H]c1nc(NC(=O)OC(C)(C)C)sc1CN1C[C@H](Oc2cc(OC)ncn2)C[C@@H]1C. The number of likely N-dealkylation sites (tertiary alicyclic amines) is 1. The van der Waals surface area contributed by atoms with Gasteiger partial charge in [-0.2, -0.15) is 0 Å². The van der Waals surface area contributed by atoms with Gasteiger partial charge in [0.2, 0.25) is 11.8 Å². The molecular weight excluding hydrogens is 394 g/mol. The maximum absolute atomic E-state index is 11.9. The highest BCUT2D eigenvalue weighted by Gasteiger charge is 2.31. The van der Waals surface area contributed by atoms with Crippen LogP contribution in [0.2, 0.25) is 0 Å². The number of ether oxygens (including phenoxy) is 3. The number of nitrogens with zero attached hydrogens (tertiary/aromatic N) is 4. The van der Waals surface area contributed by atoms with Crippen LogP contribution >= 0.6 is 11.3 Å². The molecule has 0 aliphatic carbocycles. The van der Waals surface area contributed by atoms with Crippen LogP contribution in [0.15, 0.2) is 18.6 Å². The summed E-state index contributed by atoms with van der Waals surface area (Å²) in [4.78, 5) is 27.2. The first-order chi connectivity index (χ1) is 14.1. The number of anilines is 1. The maximum Gasteiger partial charge on any atom is 0.413 e. The van der Waals surface area contributed by atoms with Gasteiger partial charge in [-0.1, -0.05) is 0 Å². The molecule has 1 N–H and O–H groups in total. The van der Waals surface area contributed by atoms with Crippen LogP contribution < -0.4 is 14.8 Å². The molecule has 0 bridgehead atoms. The summed E-state index contributed by atoms with van der Waals surface area (Å²) in [6.07, 6.45) is 1.80. The van der Waals surface area contributed by atoms with E-state index in [0.717, 1.165) is 11.3 Å². The van der Waals surface area contributed by atoms with Crippen LogP contribution in [0.25, 0.3) is 0 Å². The first-order valence-electron chi connectivity index (χ1n) is 9.86. The van der Waals surface area contributed by atoms with Crippen molar-refractivity contribution >= 4 is 22.6 Å². The van der Waals surface area contributed by atoms with Gasteiger partial charge < -0.3 is 14.2 Å². The summed E-state index contributed by atoms with van der Waals surface area (Å²) in [5.74, 6) is 0.931. The Morgan fingerprint density at radius 3 is 2.86 bits per heavy atom. The van der Waals surface area contributed by atoms with Crippen LogP contribution in [0.3, 0.4) is 0 Å². The monoisotopic (exact) mass is 422 g/mol. The van der Waals surface area contributed by atoms with E-state index < -0.39 is 11.7 Å². The molecule has 29 heavy (non-hydrogen) atoms. The van der Waals surface area contributed by atoms with Crippen LogP contribution in [0.4, 0.5) is 9.93 Å². The van der Waals surface area contributed by atoms with E-state index >= 15 is 0 Å². The fraction of sp³-hybridized carbons (Fsp3) is 0.579. The van der Waals surface area contributed by atoms with Gasteiger partial charge in [-0.05, 0) is 27.7 Å². The Kier molecular flexibility index (Phi) is 6.10. The van der Waals surface area contributed by atoms with Crippen LogP contribution in [0.5, 0.6) is 11.8 Å². The minimum Gasteiger partial charge on any atom is -0.481 e. The van der Waals surface area contributed by atoms with E-state index in [4.69, 9.17) is 15.6 Å². The average Bonchev–Trinajstić information content (AvgIpc) is 3.15. The fourth-order valence-electron chi connectivity index (χ4n) is 2.99. The number of hydrogen-bond acceptors (Lipinski definition) is 9. The quantitative estimate of drug-likeness (QED) is 0.757. The molecule has 1 aliphatic rings. The van der Waals surface area contributed by atoms with Crippen molar-refractivity contribution in [1.82, 2.24) is 19.9 Å². The molecule has 0 unspecified atom stereocenters. The summed E-state index contributed by atoms with van der Waals surface area (Å²) in [6, 6.07) is 1.93. The van der Waals surface area contributed by atoms with Gasteiger partial charge in [-0.3, -0.25) is 10.2 Å². The molecule has 10 heteroatoms. The number of amides is 1. The summed E-state index contributed by atoms with van der Waals surface area (Å²) in [5, 5.41) is 2.96. The second kappa shape index (κ2) is 8.91. The highest BCUT2D eigenvalue weighted by molar-refractivity contribution is 7.15. The summed E-state index contributed by atoms with van der Waals surface area (Å²) < 4.78 is 24.5. The largest absolute Gasteiger partial charge is 0.481 e. The van der Waals surface area contributed by atoms with Gasteiger partial charge in [0.1, 0.15) is 18.0 Å². The smallest absolute Gasteiger partial charge is 0.413 e. The summed E-state index contributed by atoms with van der Waals surface area (Å²) in [5.41, 5.74) is -0.596. The zero-order valence-corrected chi connectivity index (χ0v) is 18.1. The van der Waals surface area contributed by atoms with Crippen molar-refractivity contribution in [2.24, 2.45) is 0 Å². The molecule has 1 aliphatic heterocycles. The van der Waals surface area contributed by atoms with E-state index in [1.807, 2.05) is 0 Å². The molecule has 1 amide bonds. The Morgan fingerprint density at radius 2 is 2.14 bits per heavy atom. The predicted molar refractivity (Wildman–Crippen MR) is 109 cm³/mol. The second-order valence-corrected chi connectivity index (χ2v) is 8.92. The van der Waals surface area contributed by atoms with E-state index in [9.17, 15) is 4.79 Å². The molecule has 2 atom stereocenters. The third kappa shape index (κ3) is 6.26. The minimum absolute atomic E-state index is 0.0268. The Morgan fingerprint density at radius 1 is 1.38 bits per heavy atom. The number of nitrogens with one attached hydrogen (secondary N) is 1. The number of hydrogen-bond donors (Lipinski definition) is 1. The van der Waals surface area contributed by atoms with Gasteiger partial charge in [0.25, 0.3) is 0 Å². The number of methoxy groups -OCH3 is 1. The Hall–Kier alpha value is -2.46. The van der Waals surface area contributed by atoms with Gasteiger partial charge in [0, 0.05) is 36.6 Å². The molecule has 9 nitrogen and oxygen atoms in total. The zero-order valence-electron chi connectivity index (χ0n) is 18.3. The molecule has 2 aromatic heterocycles. The second-order valence-electron chi connectivity index (χ2n) is 7.83. The molecule has 1 saturated heterocycles. The van der Waals surface area contributed by atoms with E-state index in [-0.39, 0.29) is 18.3 Å². The van der Waals surface area contributed by atoms with E-state index in [0.29, 0.717) is 30.0 Å². The highest BCUT2D eigenvalue weighted by atomic mass is 32.1. The summed E-state index contributed by atoms with van der Waals surface area (Å²) in [6.45, 7) is 8.75. The summed E-state index contributed by atoms with van der Waals surface area (Å²) >= 11 is 1.28. The van der Waals surface area contributed by atoms with Crippen molar-refractivity contribution in [1.29, 1.82) is 0 Å². The normalized spacial score (nSPS) is 20.2. The number of thiazole rings is 1. The third-order valence-corrected chi connectivity index (χ3v) is 5.09. The highest BCUT2D eigenvalue weighted by Crippen LogP contribution is 2.27. The first-order valence-corrected chi connectivity index (χ1v) is 10.2. The predicted octanol–water partition coefficient (Wildman–Crippen LogP) is 3.33. The lowest BCUT2D eigenvalue weighted by Gasteiger charge is -2.19. The Bertz CT molecular complexity index is 888. The molecule has 2 aromatic rings. The van der Waals surface area contributed by atoms with E-state index in [2.05, 4.69) is 32.1 Å². The van der Waals surface area contributed by atoms with E-state index in [1.54, 1.807) is 33.9 Å². The molecule has 3 heterocycles. The molecular formula is C19H27N5O4S. The zero-order chi connectivity index (χ0) is 21.9. The lowest BCUT2D eigenvalue weighted by atomic mass is 10.2. The van der Waals surface area contributed by atoms with Crippen molar-refractivity contribution in [3.8, 4) is 11.8 Å². The van der Waals surface area contributed by atoms with Gasteiger partial charge in [0.15, 0.2) is 5.13 Å². The lowest BCUT2D eigenvalue weighted by molar-refractivity contribution is 0.0636. The Labute approximate surface area is 175 Å². The maximum atomic E-state index is 11.9.